The Bertz CT molecular complexity index is 843. The molecule has 0 bridgehead atoms. The highest BCUT2D eigenvalue weighted by Crippen LogP contribution is 2.56. The number of carbonyl (C=O) groups is 2. The molecule has 1 aliphatic rings. The molecule has 3 rings (SSSR count). The lowest BCUT2D eigenvalue weighted by Crippen LogP contribution is -2.33. The normalized spacial score (nSPS) is 21.2. The van der Waals surface area contributed by atoms with Crippen LogP contribution in [0.15, 0.2) is 36.9 Å². The molecule has 0 aromatic carbocycles. The fraction of sp³-hybridized carbons (Fsp3) is 0.500. The van der Waals surface area contributed by atoms with Gasteiger partial charge in [-0.25, -0.2) is 14.8 Å². The number of ether oxygens (including phenoxy) is 1. The van der Waals surface area contributed by atoms with Gasteiger partial charge in [0.15, 0.2) is 0 Å². The SMILES string of the molecule is CC(C)(C)OC(=O)NCCC[C@H]1C[C@]1(C(=O)O)c1cn(-c2ccccn2)cn1. The first-order valence-corrected chi connectivity index (χ1v) is 9.38. The van der Waals surface area contributed by atoms with Gasteiger partial charge in [0, 0.05) is 18.9 Å². The third-order valence-corrected chi connectivity index (χ3v) is 4.84. The monoisotopic (exact) mass is 386 g/mol. The molecule has 1 aliphatic carbocycles. The first-order valence-electron chi connectivity index (χ1n) is 9.38. The number of hydrogen-bond donors (Lipinski definition) is 2. The van der Waals surface area contributed by atoms with E-state index in [4.69, 9.17) is 4.74 Å². The summed E-state index contributed by atoms with van der Waals surface area (Å²) in [4.78, 5) is 32.3. The van der Waals surface area contributed by atoms with Crippen molar-refractivity contribution in [3.8, 4) is 5.82 Å². The van der Waals surface area contributed by atoms with Crippen LogP contribution in [0.3, 0.4) is 0 Å². The number of imidazole rings is 1. The number of alkyl carbamates (subject to hydrolysis) is 1. The van der Waals surface area contributed by atoms with Crippen LogP contribution in [-0.4, -0.2) is 43.8 Å². The molecule has 2 N–H and O–H groups in total. The van der Waals surface area contributed by atoms with Crippen LogP contribution in [0.5, 0.6) is 0 Å². The third-order valence-electron chi connectivity index (χ3n) is 4.84. The first-order chi connectivity index (χ1) is 13.2. The topological polar surface area (TPSA) is 106 Å². The lowest BCUT2D eigenvalue weighted by atomic mass is 9.98. The number of carboxylic acid groups (broad SMARTS) is 1. The summed E-state index contributed by atoms with van der Waals surface area (Å²) in [7, 11) is 0. The number of carboxylic acids is 1. The summed E-state index contributed by atoms with van der Waals surface area (Å²) in [5.74, 6) is -0.165. The number of hydrogen-bond acceptors (Lipinski definition) is 5. The molecular weight excluding hydrogens is 360 g/mol. The molecule has 2 aromatic rings. The molecule has 2 atom stereocenters. The van der Waals surface area contributed by atoms with Gasteiger partial charge in [0.05, 0.1) is 5.69 Å². The Kier molecular flexibility index (Phi) is 5.40. The van der Waals surface area contributed by atoms with Crippen LogP contribution in [0, 0.1) is 5.92 Å². The van der Waals surface area contributed by atoms with Gasteiger partial charge in [-0.3, -0.25) is 9.36 Å². The Balaban J connectivity index is 1.57. The summed E-state index contributed by atoms with van der Waals surface area (Å²) >= 11 is 0. The maximum atomic E-state index is 12.0. The average Bonchev–Trinajstić information content (AvgIpc) is 3.15. The summed E-state index contributed by atoms with van der Waals surface area (Å²) in [6.45, 7) is 5.87. The second-order valence-corrected chi connectivity index (χ2v) is 8.10. The van der Waals surface area contributed by atoms with E-state index in [0.29, 0.717) is 37.3 Å². The second-order valence-electron chi connectivity index (χ2n) is 8.10. The molecule has 0 unspecified atom stereocenters. The Morgan fingerprint density at radius 3 is 2.79 bits per heavy atom. The molecule has 2 heterocycles. The Hall–Kier alpha value is -2.90. The van der Waals surface area contributed by atoms with Gasteiger partial charge in [-0.2, -0.15) is 0 Å². The number of aliphatic carboxylic acids is 1. The van der Waals surface area contributed by atoms with Crippen molar-refractivity contribution in [1.82, 2.24) is 19.9 Å². The van der Waals surface area contributed by atoms with E-state index in [1.807, 2.05) is 39.0 Å². The number of aromatic nitrogens is 3. The quantitative estimate of drug-likeness (QED) is 0.709. The molecule has 8 heteroatoms. The van der Waals surface area contributed by atoms with Crippen LogP contribution in [0.2, 0.25) is 0 Å². The second kappa shape index (κ2) is 7.61. The zero-order valence-corrected chi connectivity index (χ0v) is 16.4. The molecule has 0 saturated heterocycles. The van der Waals surface area contributed by atoms with E-state index in [2.05, 4.69) is 15.3 Å². The minimum Gasteiger partial charge on any atom is -0.481 e. The number of rotatable bonds is 7. The van der Waals surface area contributed by atoms with Crippen molar-refractivity contribution in [2.24, 2.45) is 5.92 Å². The summed E-state index contributed by atoms with van der Waals surface area (Å²) in [6.07, 6.45) is 6.49. The summed E-state index contributed by atoms with van der Waals surface area (Å²) in [5, 5.41) is 12.5. The van der Waals surface area contributed by atoms with Crippen LogP contribution >= 0.6 is 0 Å². The van der Waals surface area contributed by atoms with Gasteiger partial charge in [-0.05, 0) is 58.1 Å². The zero-order chi connectivity index (χ0) is 20.4. The minimum atomic E-state index is -0.952. The molecule has 0 aliphatic heterocycles. The molecule has 1 saturated carbocycles. The Morgan fingerprint density at radius 2 is 2.14 bits per heavy atom. The highest BCUT2D eigenvalue weighted by Gasteiger charge is 2.62. The number of nitrogens with zero attached hydrogens (tertiary/aromatic N) is 3. The van der Waals surface area contributed by atoms with Crippen molar-refractivity contribution >= 4 is 12.1 Å². The lowest BCUT2D eigenvalue weighted by Gasteiger charge is -2.19. The van der Waals surface area contributed by atoms with E-state index in [1.165, 1.54) is 0 Å². The van der Waals surface area contributed by atoms with Gasteiger partial charge in [-0.15, -0.1) is 0 Å². The smallest absolute Gasteiger partial charge is 0.407 e. The maximum absolute atomic E-state index is 12.0. The van der Waals surface area contributed by atoms with Crippen LogP contribution in [0.25, 0.3) is 5.82 Å². The van der Waals surface area contributed by atoms with Gasteiger partial charge >= 0.3 is 12.1 Å². The molecule has 2 aromatic heterocycles. The fourth-order valence-corrected chi connectivity index (χ4v) is 3.40. The van der Waals surface area contributed by atoms with E-state index >= 15 is 0 Å². The van der Waals surface area contributed by atoms with Crippen molar-refractivity contribution in [3.05, 3.63) is 42.6 Å². The van der Waals surface area contributed by atoms with E-state index < -0.39 is 23.1 Å². The van der Waals surface area contributed by atoms with E-state index in [-0.39, 0.29) is 5.92 Å². The van der Waals surface area contributed by atoms with Crippen molar-refractivity contribution in [2.75, 3.05) is 6.54 Å². The number of pyridine rings is 1. The molecule has 150 valence electrons. The van der Waals surface area contributed by atoms with Crippen LogP contribution in [0.1, 0.15) is 45.7 Å². The van der Waals surface area contributed by atoms with Gasteiger partial charge in [-0.1, -0.05) is 6.07 Å². The van der Waals surface area contributed by atoms with Gasteiger partial charge < -0.3 is 15.2 Å². The zero-order valence-electron chi connectivity index (χ0n) is 16.4. The standard InChI is InChI=1S/C20H26N4O4/c1-19(2,3)28-18(27)22-10-6-7-14-11-20(14,17(25)26)15-12-24(13-23-15)16-8-4-5-9-21-16/h4-5,8-9,12-14H,6-7,10-11H2,1-3H3,(H,22,27)(H,25,26)/t14-,20+/m0/s1. The fourth-order valence-electron chi connectivity index (χ4n) is 3.40. The summed E-state index contributed by atoms with van der Waals surface area (Å²) < 4.78 is 6.93. The highest BCUT2D eigenvalue weighted by molar-refractivity contribution is 5.85. The molecular formula is C20H26N4O4. The van der Waals surface area contributed by atoms with Gasteiger partial charge in [0.2, 0.25) is 0 Å². The van der Waals surface area contributed by atoms with Crippen molar-refractivity contribution < 1.29 is 19.4 Å². The molecule has 1 fully saturated rings. The van der Waals surface area contributed by atoms with Crippen molar-refractivity contribution in [3.63, 3.8) is 0 Å². The van der Waals surface area contributed by atoms with Crippen LogP contribution in [0.4, 0.5) is 4.79 Å². The predicted octanol–water partition coefficient (Wildman–Crippen LogP) is 2.91. The molecule has 8 nitrogen and oxygen atoms in total. The number of nitrogens with one attached hydrogen (secondary N) is 1. The first kappa shape index (κ1) is 19.9. The molecule has 0 radical (unpaired) electrons. The van der Waals surface area contributed by atoms with Crippen LogP contribution < -0.4 is 5.32 Å². The number of amides is 1. The lowest BCUT2D eigenvalue weighted by molar-refractivity contribution is -0.140. The molecule has 0 spiro atoms. The minimum absolute atomic E-state index is 0.00230. The molecule has 1 amide bonds. The average molecular weight is 386 g/mol. The van der Waals surface area contributed by atoms with E-state index in [9.17, 15) is 14.7 Å². The van der Waals surface area contributed by atoms with Crippen LogP contribution in [-0.2, 0) is 14.9 Å². The third kappa shape index (κ3) is 4.32. The Labute approximate surface area is 164 Å². The largest absolute Gasteiger partial charge is 0.481 e. The summed E-state index contributed by atoms with van der Waals surface area (Å²) in [6, 6.07) is 5.53. The van der Waals surface area contributed by atoms with E-state index in [0.717, 1.165) is 0 Å². The number of carbonyl (C=O) groups excluding carboxylic acids is 1. The maximum Gasteiger partial charge on any atom is 0.407 e. The van der Waals surface area contributed by atoms with E-state index in [1.54, 1.807) is 23.3 Å². The van der Waals surface area contributed by atoms with Crippen molar-refractivity contribution in [2.45, 2.75) is 51.0 Å². The van der Waals surface area contributed by atoms with Crippen molar-refractivity contribution in [1.29, 1.82) is 0 Å². The molecule has 28 heavy (non-hydrogen) atoms. The Morgan fingerprint density at radius 1 is 1.36 bits per heavy atom. The highest BCUT2D eigenvalue weighted by atomic mass is 16.6. The van der Waals surface area contributed by atoms with Gasteiger partial charge in [0.1, 0.15) is 23.2 Å². The predicted molar refractivity (Wildman–Crippen MR) is 102 cm³/mol. The summed E-state index contributed by atoms with van der Waals surface area (Å²) in [5.41, 5.74) is -0.937. The van der Waals surface area contributed by atoms with Gasteiger partial charge in [0.25, 0.3) is 0 Å².